The van der Waals surface area contributed by atoms with Crippen molar-refractivity contribution in [3.05, 3.63) is 54.1 Å². The molecule has 1 aliphatic rings. The SMILES string of the molecule is Cc1nccn1CCNC(=O)N1CCC(C(O)Cc2ccccc2)CC1. The van der Waals surface area contributed by atoms with Gasteiger partial charge in [-0.3, -0.25) is 0 Å². The Hall–Kier alpha value is -2.34. The monoisotopic (exact) mass is 356 g/mol. The van der Waals surface area contributed by atoms with Gasteiger partial charge in [-0.1, -0.05) is 30.3 Å². The van der Waals surface area contributed by atoms with Crippen LogP contribution in [-0.4, -0.2) is 51.3 Å². The van der Waals surface area contributed by atoms with Gasteiger partial charge in [0.1, 0.15) is 5.82 Å². The number of urea groups is 1. The first kappa shape index (κ1) is 18.5. The van der Waals surface area contributed by atoms with Crippen LogP contribution in [0.5, 0.6) is 0 Å². The predicted molar refractivity (Wildman–Crippen MR) is 101 cm³/mol. The first-order valence-corrected chi connectivity index (χ1v) is 9.36. The molecule has 2 aromatic rings. The minimum absolute atomic E-state index is 0.0150. The molecule has 2 N–H and O–H groups in total. The highest BCUT2D eigenvalue weighted by molar-refractivity contribution is 5.74. The quantitative estimate of drug-likeness (QED) is 0.834. The number of aliphatic hydroxyl groups excluding tert-OH is 1. The lowest BCUT2D eigenvalue weighted by Crippen LogP contribution is -2.46. The lowest BCUT2D eigenvalue weighted by molar-refractivity contribution is 0.0671. The number of aryl methyl sites for hydroxylation is 1. The van der Waals surface area contributed by atoms with Crippen molar-refractivity contribution in [3.8, 4) is 0 Å². The van der Waals surface area contributed by atoms with Crippen molar-refractivity contribution in [2.24, 2.45) is 5.92 Å². The van der Waals surface area contributed by atoms with Crippen molar-refractivity contribution < 1.29 is 9.90 Å². The van der Waals surface area contributed by atoms with E-state index in [9.17, 15) is 9.90 Å². The molecule has 6 heteroatoms. The van der Waals surface area contributed by atoms with Gasteiger partial charge < -0.3 is 19.9 Å². The van der Waals surface area contributed by atoms with Gasteiger partial charge in [0.2, 0.25) is 0 Å². The van der Waals surface area contributed by atoms with Crippen molar-refractivity contribution in [2.45, 2.75) is 38.8 Å². The minimum Gasteiger partial charge on any atom is -0.392 e. The summed E-state index contributed by atoms with van der Waals surface area (Å²) in [6.45, 7) is 4.67. The van der Waals surface area contributed by atoms with Crippen LogP contribution in [0.2, 0.25) is 0 Å². The third-order valence-electron chi connectivity index (χ3n) is 5.21. The molecule has 3 rings (SSSR count). The Morgan fingerprint density at radius 1 is 1.31 bits per heavy atom. The van der Waals surface area contributed by atoms with E-state index < -0.39 is 0 Å². The maximum atomic E-state index is 12.3. The molecule has 2 heterocycles. The van der Waals surface area contributed by atoms with Gasteiger partial charge in [0, 0.05) is 38.6 Å². The Bertz CT molecular complexity index is 693. The zero-order valence-corrected chi connectivity index (χ0v) is 15.3. The fourth-order valence-electron chi connectivity index (χ4n) is 3.54. The third kappa shape index (κ3) is 4.85. The lowest BCUT2D eigenvalue weighted by atomic mass is 9.88. The zero-order valence-electron chi connectivity index (χ0n) is 15.3. The standard InChI is InChI=1S/C20H28N4O2/c1-16-21-9-13-23(16)14-10-22-20(26)24-11-7-18(8-12-24)19(25)15-17-5-3-2-4-6-17/h2-6,9,13,18-19,25H,7-8,10-12,14-15H2,1H3,(H,22,26). The van der Waals surface area contributed by atoms with E-state index in [1.165, 1.54) is 0 Å². The molecule has 26 heavy (non-hydrogen) atoms. The van der Waals surface area contributed by atoms with Crippen LogP contribution in [0.15, 0.2) is 42.7 Å². The van der Waals surface area contributed by atoms with Gasteiger partial charge >= 0.3 is 6.03 Å². The molecule has 1 saturated heterocycles. The molecule has 1 aliphatic heterocycles. The van der Waals surface area contributed by atoms with Crippen molar-refractivity contribution in [2.75, 3.05) is 19.6 Å². The molecular weight excluding hydrogens is 328 g/mol. The highest BCUT2D eigenvalue weighted by Crippen LogP contribution is 2.23. The number of likely N-dealkylation sites (tertiary alicyclic amines) is 1. The van der Waals surface area contributed by atoms with E-state index in [1.807, 2.05) is 52.9 Å². The Morgan fingerprint density at radius 2 is 2.04 bits per heavy atom. The topological polar surface area (TPSA) is 70.4 Å². The number of benzene rings is 1. The first-order valence-electron chi connectivity index (χ1n) is 9.36. The van der Waals surface area contributed by atoms with Crippen LogP contribution in [0.3, 0.4) is 0 Å². The highest BCUT2D eigenvalue weighted by Gasteiger charge is 2.27. The molecule has 1 aromatic heterocycles. The van der Waals surface area contributed by atoms with Crippen LogP contribution in [0, 0.1) is 12.8 Å². The number of carbonyl (C=O) groups excluding carboxylic acids is 1. The van der Waals surface area contributed by atoms with Crippen LogP contribution in [0.25, 0.3) is 0 Å². The number of imidazole rings is 1. The minimum atomic E-state index is -0.341. The number of aromatic nitrogens is 2. The number of rotatable bonds is 6. The second kappa shape index (κ2) is 8.85. The number of amides is 2. The number of nitrogens with one attached hydrogen (secondary N) is 1. The molecule has 1 atom stereocenters. The summed E-state index contributed by atoms with van der Waals surface area (Å²) in [5, 5.41) is 13.5. The number of aliphatic hydroxyl groups is 1. The Kier molecular flexibility index (Phi) is 6.28. The molecule has 2 amide bonds. The summed E-state index contributed by atoms with van der Waals surface area (Å²) < 4.78 is 2.02. The summed E-state index contributed by atoms with van der Waals surface area (Å²) in [5.74, 6) is 1.21. The fourth-order valence-corrected chi connectivity index (χ4v) is 3.54. The molecule has 0 bridgehead atoms. The van der Waals surface area contributed by atoms with E-state index >= 15 is 0 Å². The molecule has 0 aliphatic carbocycles. The number of carbonyl (C=O) groups is 1. The average molecular weight is 356 g/mol. The second-order valence-electron chi connectivity index (χ2n) is 6.98. The molecule has 0 radical (unpaired) electrons. The summed E-state index contributed by atoms with van der Waals surface area (Å²) in [6, 6.07) is 10.1. The third-order valence-corrected chi connectivity index (χ3v) is 5.21. The van der Waals surface area contributed by atoms with Gasteiger partial charge in [-0.25, -0.2) is 9.78 Å². The normalized spacial score (nSPS) is 16.5. The van der Waals surface area contributed by atoms with E-state index in [2.05, 4.69) is 10.3 Å². The largest absolute Gasteiger partial charge is 0.392 e. The van der Waals surface area contributed by atoms with Crippen LogP contribution < -0.4 is 5.32 Å². The lowest BCUT2D eigenvalue weighted by Gasteiger charge is -2.34. The second-order valence-corrected chi connectivity index (χ2v) is 6.98. The molecule has 0 spiro atoms. The van der Waals surface area contributed by atoms with E-state index in [0.29, 0.717) is 26.1 Å². The molecule has 6 nitrogen and oxygen atoms in total. The van der Waals surface area contributed by atoms with Gasteiger partial charge in [-0.2, -0.15) is 0 Å². The number of hydrogen-bond acceptors (Lipinski definition) is 3. The number of piperidine rings is 1. The molecule has 140 valence electrons. The van der Waals surface area contributed by atoms with E-state index in [-0.39, 0.29) is 18.1 Å². The van der Waals surface area contributed by atoms with E-state index in [1.54, 1.807) is 6.20 Å². The molecule has 1 fully saturated rings. The zero-order chi connectivity index (χ0) is 18.4. The Morgan fingerprint density at radius 3 is 2.69 bits per heavy atom. The number of hydrogen-bond donors (Lipinski definition) is 2. The average Bonchev–Trinajstić information content (AvgIpc) is 3.07. The van der Waals surface area contributed by atoms with Crippen molar-refractivity contribution in [3.63, 3.8) is 0 Å². The van der Waals surface area contributed by atoms with E-state index in [0.717, 1.165) is 30.8 Å². The van der Waals surface area contributed by atoms with Crippen molar-refractivity contribution in [1.82, 2.24) is 19.8 Å². The molecule has 1 unspecified atom stereocenters. The molecular formula is C20H28N4O2. The van der Waals surface area contributed by atoms with Gasteiger partial charge in [0.05, 0.1) is 6.10 Å². The van der Waals surface area contributed by atoms with Crippen molar-refractivity contribution in [1.29, 1.82) is 0 Å². The summed E-state index contributed by atoms with van der Waals surface area (Å²) in [7, 11) is 0. The Labute approximate surface area is 154 Å². The molecule has 1 aromatic carbocycles. The number of nitrogens with zero attached hydrogens (tertiary/aromatic N) is 3. The molecule has 0 saturated carbocycles. The van der Waals surface area contributed by atoms with Gasteiger partial charge in [-0.05, 0) is 37.7 Å². The summed E-state index contributed by atoms with van der Waals surface area (Å²) in [4.78, 5) is 18.3. The summed E-state index contributed by atoms with van der Waals surface area (Å²) >= 11 is 0. The van der Waals surface area contributed by atoms with Crippen molar-refractivity contribution >= 4 is 6.03 Å². The van der Waals surface area contributed by atoms with Crippen LogP contribution >= 0.6 is 0 Å². The maximum Gasteiger partial charge on any atom is 0.317 e. The maximum absolute atomic E-state index is 12.3. The highest BCUT2D eigenvalue weighted by atomic mass is 16.3. The fraction of sp³-hybridized carbons (Fsp3) is 0.500. The smallest absolute Gasteiger partial charge is 0.317 e. The van der Waals surface area contributed by atoms with Gasteiger partial charge in [0.25, 0.3) is 0 Å². The summed E-state index contributed by atoms with van der Waals surface area (Å²) in [5.41, 5.74) is 1.16. The van der Waals surface area contributed by atoms with Gasteiger partial charge in [-0.15, -0.1) is 0 Å². The van der Waals surface area contributed by atoms with Crippen LogP contribution in [0.4, 0.5) is 4.79 Å². The van der Waals surface area contributed by atoms with Crippen LogP contribution in [0.1, 0.15) is 24.2 Å². The Balaban J connectivity index is 1.38. The predicted octanol–water partition coefficient (Wildman–Crippen LogP) is 2.22. The first-order chi connectivity index (χ1) is 12.6. The summed E-state index contributed by atoms with van der Waals surface area (Å²) in [6.07, 6.45) is 5.72. The van der Waals surface area contributed by atoms with E-state index in [4.69, 9.17) is 0 Å². The van der Waals surface area contributed by atoms with Crippen LogP contribution in [-0.2, 0) is 13.0 Å². The van der Waals surface area contributed by atoms with Gasteiger partial charge in [0.15, 0.2) is 0 Å².